The zero-order chi connectivity index (χ0) is 15.5. The van der Waals surface area contributed by atoms with Crippen molar-refractivity contribution in [3.63, 3.8) is 0 Å². The maximum absolute atomic E-state index is 11.3. The molecule has 7 nitrogen and oxygen atoms in total. The number of nitrogens with one attached hydrogen (secondary N) is 1. The van der Waals surface area contributed by atoms with Gasteiger partial charge in [0, 0.05) is 5.25 Å². The normalized spacial score (nSPS) is 20.3. The third-order valence-electron chi connectivity index (χ3n) is 4.16. The van der Waals surface area contributed by atoms with Gasteiger partial charge in [-0.15, -0.1) is 5.10 Å². The highest BCUT2D eigenvalue weighted by atomic mass is 32.2. The van der Waals surface area contributed by atoms with E-state index < -0.39 is 11.5 Å². The lowest BCUT2D eigenvalue weighted by molar-refractivity contribution is -0.144. The van der Waals surface area contributed by atoms with Crippen LogP contribution in [0.4, 0.5) is 0 Å². The molecule has 1 aromatic heterocycles. The van der Waals surface area contributed by atoms with Crippen molar-refractivity contribution < 1.29 is 9.90 Å². The highest BCUT2D eigenvalue weighted by Crippen LogP contribution is 2.33. The third kappa shape index (κ3) is 3.74. The van der Waals surface area contributed by atoms with Crippen LogP contribution in [0.25, 0.3) is 0 Å². The van der Waals surface area contributed by atoms with E-state index in [0.29, 0.717) is 12.5 Å². The number of carboxylic acids is 1. The van der Waals surface area contributed by atoms with Crippen molar-refractivity contribution in [3.05, 3.63) is 0 Å². The lowest BCUT2D eigenvalue weighted by Gasteiger charge is -2.27. The summed E-state index contributed by atoms with van der Waals surface area (Å²) >= 11 is 1.55. The van der Waals surface area contributed by atoms with Gasteiger partial charge in [-0.1, -0.05) is 31.5 Å². The summed E-state index contributed by atoms with van der Waals surface area (Å²) in [5, 5.41) is 25.1. The summed E-state index contributed by atoms with van der Waals surface area (Å²) in [4.78, 5) is 11.3. The maximum Gasteiger partial charge on any atom is 0.323 e. The number of thioether (sulfide) groups is 1. The number of hydrogen-bond donors (Lipinski definition) is 2. The summed E-state index contributed by atoms with van der Waals surface area (Å²) in [7, 11) is 1.67. The third-order valence-corrected chi connectivity index (χ3v) is 5.21. The fraction of sp³-hybridized carbons (Fsp3) is 0.846. The maximum atomic E-state index is 11.3. The Morgan fingerprint density at radius 1 is 1.57 bits per heavy atom. The van der Waals surface area contributed by atoms with E-state index in [9.17, 15) is 9.90 Å². The monoisotopic (exact) mass is 313 g/mol. The molecule has 2 N–H and O–H groups in total. The minimum atomic E-state index is -0.932. The molecule has 1 aliphatic rings. The molecule has 0 bridgehead atoms. The van der Waals surface area contributed by atoms with Crippen LogP contribution in [0.5, 0.6) is 0 Å². The Kier molecular flexibility index (Phi) is 5.21. The zero-order valence-corrected chi connectivity index (χ0v) is 13.6. The lowest BCUT2D eigenvalue weighted by Crippen LogP contribution is -2.49. The number of nitrogens with zero attached hydrogens (tertiary/aromatic N) is 4. The molecule has 0 aromatic carbocycles. The number of carbonyl (C=O) groups is 1. The summed E-state index contributed by atoms with van der Waals surface area (Å²) in [6.45, 7) is 3.71. The summed E-state index contributed by atoms with van der Waals surface area (Å²) in [6, 6.07) is 0.393. The standard InChI is InChI=1S/C13H23N5O2S/c1-9(8-13(2,14-3)11(19)20)21-12-15-16-17-18(12)10-6-4-5-7-10/h9-10,14H,4-8H2,1-3H3,(H,19,20). The SMILES string of the molecule is CNC(C)(CC(C)Sc1nnnn1C1CCCC1)C(=O)O. The highest BCUT2D eigenvalue weighted by Gasteiger charge is 2.34. The molecule has 1 saturated carbocycles. The number of hydrogen-bond acceptors (Lipinski definition) is 6. The fourth-order valence-corrected chi connectivity index (χ4v) is 3.89. The van der Waals surface area contributed by atoms with E-state index in [0.717, 1.165) is 18.0 Å². The van der Waals surface area contributed by atoms with E-state index in [4.69, 9.17) is 0 Å². The predicted octanol–water partition coefficient (Wildman–Crippen LogP) is 1.72. The number of aromatic nitrogens is 4. The Hall–Kier alpha value is -1.15. The van der Waals surface area contributed by atoms with Crippen LogP contribution < -0.4 is 5.32 Å². The molecule has 2 atom stereocenters. The highest BCUT2D eigenvalue weighted by molar-refractivity contribution is 7.99. The Morgan fingerprint density at radius 2 is 2.24 bits per heavy atom. The molecule has 2 rings (SSSR count). The minimum Gasteiger partial charge on any atom is -0.480 e. The fourth-order valence-electron chi connectivity index (χ4n) is 2.73. The van der Waals surface area contributed by atoms with Gasteiger partial charge in [0.2, 0.25) is 5.16 Å². The second-order valence-corrected chi connectivity index (χ2v) is 7.27. The Balaban J connectivity index is 2.01. The molecule has 8 heteroatoms. The molecule has 0 amide bonds. The van der Waals surface area contributed by atoms with Gasteiger partial charge in [0.05, 0.1) is 6.04 Å². The number of tetrazole rings is 1. The summed E-state index contributed by atoms with van der Waals surface area (Å²) in [5.41, 5.74) is -0.932. The van der Waals surface area contributed by atoms with Crippen LogP contribution in [0.15, 0.2) is 5.16 Å². The van der Waals surface area contributed by atoms with E-state index in [2.05, 4.69) is 20.8 Å². The second kappa shape index (κ2) is 6.74. The van der Waals surface area contributed by atoms with Gasteiger partial charge in [-0.25, -0.2) is 4.68 Å². The summed E-state index contributed by atoms with van der Waals surface area (Å²) in [5.74, 6) is -0.840. The van der Waals surface area contributed by atoms with Crippen molar-refractivity contribution in [1.29, 1.82) is 0 Å². The average molecular weight is 313 g/mol. The zero-order valence-electron chi connectivity index (χ0n) is 12.7. The largest absolute Gasteiger partial charge is 0.480 e. The number of carboxylic acid groups (broad SMARTS) is 1. The van der Waals surface area contributed by atoms with Gasteiger partial charge in [0.25, 0.3) is 0 Å². The molecule has 1 aliphatic carbocycles. The molecule has 1 aromatic rings. The van der Waals surface area contributed by atoms with Crippen molar-refractivity contribution >= 4 is 17.7 Å². The van der Waals surface area contributed by atoms with Gasteiger partial charge in [0.1, 0.15) is 5.54 Å². The van der Waals surface area contributed by atoms with Gasteiger partial charge < -0.3 is 10.4 Å². The van der Waals surface area contributed by atoms with Gasteiger partial charge in [0.15, 0.2) is 0 Å². The molecule has 21 heavy (non-hydrogen) atoms. The molecule has 2 unspecified atom stereocenters. The quantitative estimate of drug-likeness (QED) is 0.740. The molecule has 0 aliphatic heterocycles. The van der Waals surface area contributed by atoms with Gasteiger partial charge in [-0.2, -0.15) is 0 Å². The summed E-state index contributed by atoms with van der Waals surface area (Å²) < 4.78 is 1.91. The first kappa shape index (κ1) is 16.2. The average Bonchev–Trinajstić information content (AvgIpc) is 3.08. The second-order valence-electron chi connectivity index (χ2n) is 5.86. The van der Waals surface area contributed by atoms with Crippen LogP contribution in [-0.4, -0.2) is 49.1 Å². The van der Waals surface area contributed by atoms with Crippen LogP contribution in [-0.2, 0) is 4.79 Å². The number of aliphatic carboxylic acids is 1. The van der Waals surface area contributed by atoms with Crippen LogP contribution in [0.2, 0.25) is 0 Å². The Labute approximate surface area is 128 Å². The molecular formula is C13H23N5O2S. The number of rotatable bonds is 7. The first-order valence-corrected chi connectivity index (χ1v) is 8.21. The molecule has 118 valence electrons. The predicted molar refractivity (Wildman–Crippen MR) is 80.4 cm³/mol. The molecule has 1 heterocycles. The first-order chi connectivity index (χ1) is 9.96. The van der Waals surface area contributed by atoms with Crippen LogP contribution in [0.3, 0.4) is 0 Å². The van der Waals surface area contributed by atoms with Crippen molar-refractivity contribution in [1.82, 2.24) is 25.5 Å². The van der Waals surface area contributed by atoms with E-state index in [1.807, 2.05) is 11.6 Å². The first-order valence-electron chi connectivity index (χ1n) is 7.33. The van der Waals surface area contributed by atoms with Crippen molar-refractivity contribution in [2.24, 2.45) is 0 Å². The Morgan fingerprint density at radius 3 is 2.81 bits per heavy atom. The molecular weight excluding hydrogens is 290 g/mol. The van der Waals surface area contributed by atoms with Crippen LogP contribution in [0.1, 0.15) is 52.0 Å². The van der Waals surface area contributed by atoms with Gasteiger partial charge in [-0.05, 0) is 43.7 Å². The van der Waals surface area contributed by atoms with Crippen molar-refractivity contribution in [3.8, 4) is 0 Å². The van der Waals surface area contributed by atoms with Gasteiger partial charge in [-0.3, -0.25) is 4.79 Å². The topological polar surface area (TPSA) is 92.9 Å². The lowest BCUT2D eigenvalue weighted by atomic mass is 9.97. The molecule has 0 saturated heterocycles. The smallest absolute Gasteiger partial charge is 0.323 e. The van der Waals surface area contributed by atoms with E-state index in [1.54, 1.807) is 25.7 Å². The van der Waals surface area contributed by atoms with Crippen LogP contribution in [0, 0.1) is 0 Å². The molecule has 1 fully saturated rings. The van der Waals surface area contributed by atoms with E-state index >= 15 is 0 Å². The summed E-state index contributed by atoms with van der Waals surface area (Å²) in [6.07, 6.45) is 5.19. The minimum absolute atomic E-state index is 0.102. The molecule has 0 spiro atoms. The van der Waals surface area contributed by atoms with Crippen molar-refractivity contribution in [2.45, 2.75) is 67.9 Å². The van der Waals surface area contributed by atoms with Gasteiger partial charge >= 0.3 is 5.97 Å². The molecule has 0 radical (unpaired) electrons. The van der Waals surface area contributed by atoms with Crippen molar-refractivity contribution in [2.75, 3.05) is 7.05 Å². The van der Waals surface area contributed by atoms with E-state index in [-0.39, 0.29) is 5.25 Å². The van der Waals surface area contributed by atoms with E-state index in [1.165, 1.54) is 12.8 Å². The van der Waals surface area contributed by atoms with Crippen LogP contribution >= 0.6 is 11.8 Å². The Bertz CT molecular complexity index is 489. The number of likely N-dealkylation sites (N-methyl/N-ethyl adjacent to an activating group) is 1.